The molecule has 0 aliphatic heterocycles. The summed E-state index contributed by atoms with van der Waals surface area (Å²) in [6, 6.07) is 10.4. The van der Waals surface area contributed by atoms with Crippen LogP contribution in [0.1, 0.15) is 17.5 Å². The molecule has 2 amide bonds. The van der Waals surface area contributed by atoms with Crippen molar-refractivity contribution in [3.05, 3.63) is 48.4 Å². The van der Waals surface area contributed by atoms with Gasteiger partial charge < -0.3 is 24.5 Å². The lowest BCUT2D eigenvalue weighted by atomic mass is 10.3. The van der Waals surface area contributed by atoms with Crippen LogP contribution in [0.3, 0.4) is 0 Å². The van der Waals surface area contributed by atoms with E-state index in [1.54, 1.807) is 18.2 Å². The summed E-state index contributed by atoms with van der Waals surface area (Å²) in [6.45, 7) is 3.07. The molecular formula is C17H20N2O5. The molecule has 1 aromatic carbocycles. The maximum atomic E-state index is 11.6. The fourth-order valence-corrected chi connectivity index (χ4v) is 1.88. The van der Waals surface area contributed by atoms with E-state index in [1.165, 1.54) is 12.3 Å². The second kappa shape index (κ2) is 9.24. The molecular weight excluding hydrogens is 312 g/mol. The van der Waals surface area contributed by atoms with Crippen LogP contribution in [0, 0.1) is 0 Å². The lowest BCUT2D eigenvalue weighted by Gasteiger charge is -2.09. The Morgan fingerprint density at radius 3 is 2.38 bits per heavy atom. The number of hydrogen-bond donors (Lipinski definition) is 2. The van der Waals surface area contributed by atoms with Gasteiger partial charge in [0.25, 0.3) is 5.91 Å². The predicted octanol–water partition coefficient (Wildman–Crippen LogP) is 1.60. The molecule has 0 radical (unpaired) electrons. The number of amides is 2. The first-order chi connectivity index (χ1) is 11.7. The average Bonchev–Trinajstić information content (AvgIpc) is 3.13. The average molecular weight is 332 g/mol. The second-order valence-electron chi connectivity index (χ2n) is 4.76. The first-order valence-electron chi connectivity index (χ1n) is 7.63. The van der Waals surface area contributed by atoms with Gasteiger partial charge in [-0.15, -0.1) is 0 Å². The lowest BCUT2D eigenvalue weighted by Crippen LogP contribution is -2.38. The lowest BCUT2D eigenvalue weighted by molar-refractivity contribution is -0.120. The highest BCUT2D eigenvalue weighted by Gasteiger charge is 2.09. The number of nitrogens with one attached hydrogen (secondary N) is 2. The zero-order valence-electron chi connectivity index (χ0n) is 13.4. The van der Waals surface area contributed by atoms with E-state index in [2.05, 4.69) is 10.6 Å². The minimum atomic E-state index is -0.430. The third-order valence-electron chi connectivity index (χ3n) is 2.98. The zero-order chi connectivity index (χ0) is 17.2. The Morgan fingerprint density at radius 1 is 1.04 bits per heavy atom. The molecule has 0 unspecified atom stereocenters. The van der Waals surface area contributed by atoms with E-state index < -0.39 is 5.91 Å². The van der Waals surface area contributed by atoms with Gasteiger partial charge in [0.05, 0.1) is 26.0 Å². The van der Waals surface area contributed by atoms with Gasteiger partial charge in [0, 0.05) is 0 Å². The maximum absolute atomic E-state index is 11.6. The molecule has 2 rings (SSSR count). The highest BCUT2D eigenvalue weighted by Crippen LogP contribution is 2.17. The van der Waals surface area contributed by atoms with Crippen molar-refractivity contribution in [2.45, 2.75) is 6.92 Å². The van der Waals surface area contributed by atoms with E-state index in [0.717, 1.165) is 5.75 Å². The Hall–Kier alpha value is -2.96. The van der Waals surface area contributed by atoms with Crippen molar-refractivity contribution >= 4 is 11.8 Å². The monoisotopic (exact) mass is 332 g/mol. The molecule has 0 saturated carbocycles. The fourth-order valence-electron chi connectivity index (χ4n) is 1.88. The summed E-state index contributed by atoms with van der Waals surface area (Å²) in [5.41, 5.74) is 0. The third kappa shape index (κ3) is 5.68. The van der Waals surface area contributed by atoms with Crippen molar-refractivity contribution in [1.82, 2.24) is 10.6 Å². The summed E-state index contributed by atoms with van der Waals surface area (Å²) in [5.74, 6) is 0.914. The van der Waals surface area contributed by atoms with Crippen molar-refractivity contribution in [1.29, 1.82) is 0 Å². The van der Waals surface area contributed by atoms with E-state index >= 15 is 0 Å². The largest absolute Gasteiger partial charge is 0.494 e. The summed E-state index contributed by atoms with van der Waals surface area (Å²) in [4.78, 5) is 23.2. The van der Waals surface area contributed by atoms with Crippen LogP contribution in [0.2, 0.25) is 0 Å². The molecule has 2 N–H and O–H groups in total. The minimum absolute atomic E-state index is 0.122. The zero-order valence-corrected chi connectivity index (χ0v) is 13.4. The summed E-state index contributed by atoms with van der Waals surface area (Å²) in [6.07, 6.45) is 1.40. The number of ether oxygens (including phenoxy) is 2. The van der Waals surface area contributed by atoms with E-state index in [4.69, 9.17) is 13.9 Å². The van der Waals surface area contributed by atoms with Gasteiger partial charge in [0.15, 0.2) is 5.76 Å². The molecule has 0 saturated heterocycles. The van der Waals surface area contributed by atoms with Gasteiger partial charge in [-0.1, -0.05) is 0 Å². The Bertz CT molecular complexity index is 638. The Kier molecular flexibility index (Phi) is 6.70. The summed E-state index contributed by atoms with van der Waals surface area (Å²) in [7, 11) is 0. The van der Waals surface area contributed by atoms with Crippen LogP contribution in [-0.2, 0) is 4.79 Å². The van der Waals surface area contributed by atoms with E-state index in [0.29, 0.717) is 25.5 Å². The van der Waals surface area contributed by atoms with Crippen LogP contribution in [0.15, 0.2) is 47.1 Å². The van der Waals surface area contributed by atoms with Crippen molar-refractivity contribution in [2.75, 3.05) is 26.3 Å². The number of furan rings is 1. The first kappa shape index (κ1) is 17.4. The molecule has 1 heterocycles. The molecule has 0 fully saturated rings. The second-order valence-corrected chi connectivity index (χ2v) is 4.76. The molecule has 0 aliphatic carbocycles. The number of carbonyl (C=O) groups is 2. The van der Waals surface area contributed by atoms with Gasteiger partial charge in [-0.05, 0) is 43.3 Å². The van der Waals surface area contributed by atoms with Gasteiger partial charge in [0.1, 0.15) is 18.1 Å². The first-order valence-corrected chi connectivity index (χ1v) is 7.63. The molecule has 7 nitrogen and oxygen atoms in total. The van der Waals surface area contributed by atoms with Crippen LogP contribution in [0.5, 0.6) is 11.5 Å². The van der Waals surface area contributed by atoms with Crippen LogP contribution < -0.4 is 20.1 Å². The van der Waals surface area contributed by atoms with Crippen LogP contribution in [0.25, 0.3) is 0 Å². The van der Waals surface area contributed by atoms with Crippen molar-refractivity contribution in [3.63, 3.8) is 0 Å². The fraction of sp³-hybridized carbons (Fsp3) is 0.294. The van der Waals surface area contributed by atoms with Crippen molar-refractivity contribution in [2.24, 2.45) is 0 Å². The third-order valence-corrected chi connectivity index (χ3v) is 2.98. The molecule has 0 aliphatic rings. The summed E-state index contributed by atoms with van der Waals surface area (Å²) in [5, 5.41) is 5.11. The Morgan fingerprint density at radius 2 is 1.75 bits per heavy atom. The molecule has 7 heteroatoms. The predicted molar refractivity (Wildman–Crippen MR) is 87.2 cm³/mol. The molecule has 0 spiro atoms. The van der Waals surface area contributed by atoms with Crippen LogP contribution in [0.4, 0.5) is 0 Å². The highest BCUT2D eigenvalue weighted by molar-refractivity contribution is 5.94. The topological polar surface area (TPSA) is 89.8 Å². The smallest absolute Gasteiger partial charge is 0.287 e. The SMILES string of the molecule is CCOc1ccc(OCCNC(=O)CNC(=O)c2ccco2)cc1. The van der Waals surface area contributed by atoms with E-state index in [-0.39, 0.29) is 18.2 Å². The number of hydrogen-bond acceptors (Lipinski definition) is 5. The van der Waals surface area contributed by atoms with Gasteiger partial charge in [-0.2, -0.15) is 0 Å². The summed E-state index contributed by atoms with van der Waals surface area (Å²) < 4.78 is 15.8. The summed E-state index contributed by atoms with van der Waals surface area (Å²) >= 11 is 0. The molecule has 24 heavy (non-hydrogen) atoms. The molecule has 2 aromatic rings. The van der Waals surface area contributed by atoms with Gasteiger partial charge in [0.2, 0.25) is 5.91 Å². The standard InChI is InChI=1S/C17H20N2O5/c1-2-22-13-5-7-14(8-6-13)23-11-9-18-16(20)12-19-17(21)15-4-3-10-24-15/h3-8,10H,2,9,11-12H2,1H3,(H,18,20)(H,19,21). The van der Waals surface area contributed by atoms with Crippen molar-refractivity contribution < 1.29 is 23.5 Å². The molecule has 0 atom stereocenters. The molecule has 128 valence electrons. The van der Waals surface area contributed by atoms with Gasteiger partial charge in [-0.3, -0.25) is 9.59 Å². The van der Waals surface area contributed by atoms with E-state index in [9.17, 15) is 9.59 Å². The quantitative estimate of drug-likeness (QED) is 0.681. The maximum Gasteiger partial charge on any atom is 0.287 e. The van der Waals surface area contributed by atoms with Crippen molar-refractivity contribution in [3.8, 4) is 11.5 Å². The number of benzene rings is 1. The van der Waals surface area contributed by atoms with Crippen LogP contribution >= 0.6 is 0 Å². The van der Waals surface area contributed by atoms with Gasteiger partial charge in [-0.25, -0.2) is 0 Å². The van der Waals surface area contributed by atoms with Crippen LogP contribution in [-0.4, -0.2) is 38.1 Å². The number of carbonyl (C=O) groups excluding carboxylic acids is 2. The van der Waals surface area contributed by atoms with E-state index in [1.807, 2.05) is 19.1 Å². The Balaban J connectivity index is 1.59. The molecule has 1 aromatic heterocycles. The normalized spacial score (nSPS) is 10.0. The highest BCUT2D eigenvalue weighted by atomic mass is 16.5. The number of rotatable bonds is 9. The van der Waals surface area contributed by atoms with Gasteiger partial charge >= 0.3 is 0 Å². The minimum Gasteiger partial charge on any atom is -0.494 e. The Labute approximate surface area is 139 Å². The molecule has 0 bridgehead atoms.